The Morgan fingerprint density at radius 3 is 2.28 bits per heavy atom. The van der Waals surface area contributed by atoms with Gasteiger partial charge in [0.15, 0.2) is 6.61 Å². The molecule has 0 unspecified atom stereocenters. The minimum atomic E-state index is -1.27. The molecule has 1 aliphatic heterocycles. The van der Waals surface area contributed by atoms with Crippen LogP contribution >= 0.6 is 56.9 Å². The lowest BCUT2D eigenvalue weighted by atomic mass is 10.2. The van der Waals surface area contributed by atoms with Crippen molar-refractivity contribution in [1.82, 2.24) is 4.90 Å². The first-order valence-corrected chi connectivity index (χ1v) is 9.47. The molecule has 2 rings (SSSR count). The van der Waals surface area contributed by atoms with E-state index in [1.807, 2.05) is 45.2 Å². The summed E-state index contributed by atoms with van der Waals surface area (Å²) in [6, 6.07) is 3.34. The van der Waals surface area contributed by atoms with Gasteiger partial charge >= 0.3 is 11.9 Å². The predicted octanol–water partition coefficient (Wildman–Crippen LogP) is 2.48. The maximum Gasteiger partial charge on any atom is 0.341 e. The van der Waals surface area contributed by atoms with E-state index in [2.05, 4.69) is 0 Å². The van der Waals surface area contributed by atoms with Crippen LogP contribution < -0.4 is 4.74 Å². The Hall–Kier alpha value is -1.35. The van der Waals surface area contributed by atoms with Crippen LogP contribution in [0.1, 0.15) is 5.56 Å². The summed E-state index contributed by atoms with van der Waals surface area (Å²) in [6.07, 6.45) is 1.48. The first-order chi connectivity index (χ1) is 11.7. The summed E-state index contributed by atoms with van der Waals surface area (Å²) in [5, 5.41) is 16.8. The van der Waals surface area contributed by atoms with E-state index in [0.717, 1.165) is 0 Å². The molecule has 1 aliphatic rings. The fourth-order valence-electron chi connectivity index (χ4n) is 1.86. The van der Waals surface area contributed by atoms with Crippen molar-refractivity contribution < 1.29 is 34.1 Å². The minimum absolute atomic E-state index is 0.122. The number of nitrogens with zero attached hydrogens (tertiary/aromatic N) is 1. The number of amides is 2. The van der Waals surface area contributed by atoms with Crippen molar-refractivity contribution in [2.75, 3.05) is 13.2 Å². The van der Waals surface area contributed by atoms with E-state index in [1.54, 1.807) is 12.1 Å². The Kier molecular flexibility index (Phi) is 6.67. The van der Waals surface area contributed by atoms with Crippen LogP contribution in [0.4, 0.5) is 4.79 Å². The molecule has 11 heteroatoms. The number of thioether (sulfide) groups is 1. The van der Waals surface area contributed by atoms with Gasteiger partial charge in [-0.05, 0) is 80.7 Å². The molecular weight excluding hydrogens is 580 g/mol. The monoisotopic (exact) mass is 589 g/mol. The van der Waals surface area contributed by atoms with Gasteiger partial charge < -0.3 is 14.9 Å². The molecule has 0 spiro atoms. The lowest BCUT2D eigenvalue weighted by Gasteiger charge is -2.10. The Morgan fingerprint density at radius 1 is 1.16 bits per heavy atom. The van der Waals surface area contributed by atoms with Gasteiger partial charge in [-0.25, -0.2) is 4.79 Å². The predicted molar refractivity (Wildman–Crippen MR) is 105 cm³/mol. The average molecular weight is 589 g/mol. The molecule has 1 fully saturated rings. The van der Waals surface area contributed by atoms with Crippen LogP contribution in [-0.4, -0.2) is 51.3 Å². The molecule has 2 amide bonds. The molecule has 1 saturated heterocycles. The number of hydrogen-bond acceptors (Lipinski definition) is 6. The minimum Gasteiger partial charge on any atom is -0.480 e. The highest BCUT2D eigenvalue weighted by Gasteiger charge is 2.36. The molecule has 8 nitrogen and oxygen atoms in total. The van der Waals surface area contributed by atoms with E-state index in [4.69, 9.17) is 14.9 Å². The van der Waals surface area contributed by atoms with Crippen molar-refractivity contribution >= 4 is 86.1 Å². The zero-order valence-corrected chi connectivity index (χ0v) is 17.3. The van der Waals surface area contributed by atoms with Gasteiger partial charge in [-0.2, -0.15) is 0 Å². The van der Waals surface area contributed by atoms with Crippen LogP contribution in [0.25, 0.3) is 6.08 Å². The van der Waals surface area contributed by atoms with Crippen LogP contribution in [0.3, 0.4) is 0 Å². The van der Waals surface area contributed by atoms with Crippen LogP contribution in [0.5, 0.6) is 5.75 Å². The second-order valence-corrected chi connectivity index (χ2v) is 7.98. The number of hydrogen-bond donors (Lipinski definition) is 2. The Labute approximate surface area is 172 Å². The molecular formula is C14H9I2NO7S. The van der Waals surface area contributed by atoms with Gasteiger partial charge in [0.05, 0.1) is 12.0 Å². The highest BCUT2D eigenvalue weighted by Crippen LogP contribution is 2.34. The molecule has 132 valence electrons. The Morgan fingerprint density at radius 2 is 1.76 bits per heavy atom. The van der Waals surface area contributed by atoms with E-state index in [9.17, 15) is 19.2 Å². The van der Waals surface area contributed by atoms with E-state index >= 15 is 0 Å². The number of carbonyl (C=O) groups excluding carboxylic acids is 2. The first kappa shape index (κ1) is 20.0. The van der Waals surface area contributed by atoms with Gasteiger partial charge in [0.25, 0.3) is 11.1 Å². The first-order valence-electron chi connectivity index (χ1n) is 6.50. The molecule has 0 radical (unpaired) electrons. The molecule has 0 aromatic heterocycles. The normalized spacial score (nSPS) is 15.8. The highest BCUT2D eigenvalue weighted by molar-refractivity contribution is 14.1. The van der Waals surface area contributed by atoms with Gasteiger partial charge in [-0.1, -0.05) is 0 Å². The summed E-state index contributed by atoms with van der Waals surface area (Å²) >= 11 is 4.62. The Bertz CT molecular complexity index is 785. The quantitative estimate of drug-likeness (QED) is 0.384. The number of halogens is 2. The van der Waals surface area contributed by atoms with E-state index in [-0.39, 0.29) is 4.91 Å². The van der Waals surface area contributed by atoms with Crippen molar-refractivity contribution in [3.8, 4) is 5.75 Å². The van der Waals surface area contributed by atoms with E-state index in [1.165, 1.54) is 6.08 Å². The van der Waals surface area contributed by atoms with Crippen LogP contribution in [-0.2, 0) is 14.4 Å². The van der Waals surface area contributed by atoms with Gasteiger partial charge in [0.1, 0.15) is 12.3 Å². The SMILES string of the molecule is O=C(O)COc1c(I)cc(/C=C2/SC(=O)N(CC(=O)O)C2=O)cc1I. The number of benzene rings is 1. The van der Waals surface area contributed by atoms with Crippen LogP contribution in [0.15, 0.2) is 17.0 Å². The second kappa shape index (κ2) is 8.35. The fourth-order valence-corrected chi connectivity index (χ4v) is 4.82. The standard InChI is InChI=1S/C14H9I2NO7S/c15-7-1-6(2-8(16)12(7)24-5-11(20)21)3-9-13(22)17(4-10(18)19)14(23)25-9/h1-3H,4-5H2,(H,18,19)(H,20,21)/b9-3+. The third-order valence-corrected chi connectivity index (χ3v) is 5.34. The molecule has 1 aromatic rings. The molecule has 1 aromatic carbocycles. The number of aliphatic carboxylic acids is 2. The van der Waals surface area contributed by atoms with Crippen LogP contribution in [0, 0.1) is 7.14 Å². The van der Waals surface area contributed by atoms with Crippen molar-refractivity contribution in [3.63, 3.8) is 0 Å². The number of rotatable bonds is 6. The topological polar surface area (TPSA) is 121 Å². The lowest BCUT2D eigenvalue weighted by Crippen LogP contribution is -2.33. The summed E-state index contributed by atoms with van der Waals surface area (Å²) in [5.74, 6) is -2.61. The highest BCUT2D eigenvalue weighted by atomic mass is 127. The summed E-state index contributed by atoms with van der Waals surface area (Å²) in [4.78, 5) is 46.0. The smallest absolute Gasteiger partial charge is 0.341 e. The number of imide groups is 1. The third-order valence-electron chi connectivity index (χ3n) is 2.83. The van der Waals surface area contributed by atoms with Crippen LogP contribution in [0.2, 0.25) is 0 Å². The van der Waals surface area contributed by atoms with Crippen molar-refractivity contribution in [3.05, 3.63) is 29.7 Å². The lowest BCUT2D eigenvalue weighted by molar-refractivity contribution is -0.140. The summed E-state index contributed by atoms with van der Waals surface area (Å²) in [7, 11) is 0. The third kappa shape index (κ3) is 5.07. The van der Waals surface area contributed by atoms with Gasteiger partial charge in [0, 0.05) is 0 Å². The summed E-state index contributed by atoms with van der Waals surface area (Å²) in [5.41, 5.74) is 0.609. The summed E-state index contributed by atoms with van der Waals surface area (Å²) < 4.78 is 6.50. The summed E-state index contributed by atoms with van der Waals surface area (Å²) in [6.45, 7) is -1.15. The molecule has 0 saturated carbocycles. The Balaban J connectivity index is 2.26. The number of carbonyl (C=O) groups is 4. The largest absolute Gasteiger partial charge is 0.480 e. The molecule has 0 aliphatic carbocycles. The second-order valence-electron chi connectivity index (χ2n) is 4.66. The van der Waals surface area contributed by atoms with Gasteiger partial charge in [-0.15, -0.1) is 0 Å². The van der Waals surface area contributed by atoms with Crippen molar-refractivity contribution in [2.45, 2.75) is 0 Å². The molecule has 25 heavy (non-hydrogen) atoms. The molecule has 1 heterocycles. The zero-order chi connectivity index (χ0) is 18.7. The number of carboxylic acid groups (broad SMARTS) is 2. The number of ether oxygens (including phenoxy) is 1. The van der Waals surface area contributed by atoms with Gasteiger partial charge in [0.2, 0.25) is 0 Å². The van der Waals surface area contributed by atoms with Crippen molar-refractivity contribution in [2.24, 2.45) is 0 Å². The van der Waals surface area contributed by atoms with Gasteiger partial charge in [-0.3, -0.25) is 19.3 Å². The molecule has 2 N–H and O–H groups in total. The zero-order valence-electron chi connectivity index (χ0n) is 12.2. The number of carboxylic acids is 2. The van der Waals surface area contributed by atoms with E-state index in [0.29, 0.717) is 35.1 Å². The van der Waals surface area contributed by atoms with E-state index < -0.39 is 36.2 Å². The van der Waals surface area contributed by atoms with Crippen molar-refractivity contribution in [1.29, 1.82) is 0 Å². The maximum absolute atomic E-state index is 12.1. The molecule has 0 bridgehead atoms. The average Bonchev–Trinajstić information content (AvgIpc) is 2.73. The maximum atomic E-state index is 12.1. The fraction of sp³-hybridized carbons (Fsp3) is 0.143. The molecule has 0 atom stereocenters.